The van der Waals surface area contributed by atoms with Crippen molar-refractivity contribution in [1.29, 1.82) is 0 Å². The van der Waals surface area contributed by atoms with Crippen molar-refractivity contribution >= 4 is 5.97 Å². The number of rotatable bonds is 3. The third kappa shape index (κ3) is 2.10. The molecule has 1 unspecified atom stereocenters. The SMILES string of the molecule is C#CC(C)Oc1c(C(=O)O)c(C)nn1C. The van der Waals surface area contributed by atoms with E-state index in [0.29, 0.717) is 5.69 Å². The molecule has 0 bridgehead atoms. The van der Waals surface area contributed by atoms with Crippen LogP contribution in [0.1, 0.15) is 23.0 Å². The maximum absolute atomic E-state index is 10.9. The number of hydrogen-bond acceptors (Lipinski definition) is 3. The van der Waals surface area contributed by atoms with E-state index in [0.717, 1.165) is 0 Å². The van der Waals surface area contributed by atoms with Gasteiger partial charge in [-0.3, -0.25) is 0 Å². The van der Waals surface area contributed by atoms with Gasteiger partial charge >= 0.3 is 5.97 Å². The van der Waals surface area contributed by atoms with Crippen LogP contribution in [-0.4, -0.2) is 27.0 Å². The fourth-order valence-corrected chi connectivity index (χ4v) is 1.22. The number of nitrogens with zero attached hydrogens (tertiary/aromatic N) is 2. The van der Waals surface area contributed by atoms with Gasteiger partial charge in [-0.2, -0.15) is 5.10 Å². The number of aryl methyl sites for hydroxylation is 2. The van der Waals surface area contributed by atoms with Gasteiger partial charge in [0.15, 0.2) is 6.10 Å². The van der Waals surface area contributed by atoms with Gasteiger partial charge in [0.2, 0.25) is 5.88 Å². The van der Waals surface area contributed by atoms with Crippen molar-refractivity contribution in [3.05, 3.63) is 11.3 Å². The number of terminal acetylenes is 1. The van der Waals surface area contributed by atoms with Crippen LogP contribution in [0.5, 0.6) is 5.88 Å². The summed E-state index contributed by atoms with van der Waals surface area (Å²) in [5.74, 6) is 1.48. The summed E-state index contributed by atoms with van der Waals surface area (Å²) in [7, 11) is 1.61. The largest absolute Gasteiger partial charge is 0.477 e. The number of aromatic nitrogens is 2. The van der Waals surface area contributed by atoms with Crippen molar-refractivity contribution in [3.8, 4) is 18.2 Å². The number of aromatic carboxylic acids is 1. The molecular formula is C10H12N2O3. The van der Waals surface area contributed by atoms with Crippen LogP contribution in [0, 0.1) is 19.3 Å². The average molecular weight is 208 g/mol. The summed E-state index contributed by atoms with van der Waals surface area (Å²) in [6.07, 6.45) is 4.66. The summed E-state index contributed by atoms with van der Waals surface area (Å²) in [6, 6.07) is 0. The summed E-state index contributed by atoms with van der Waals surface area (Å²) < 4.78 is 6.66. The van der Waals surface area contributed by atoms with E-state index in [-0.39, 0.29) is 11.4 Å². The first kappa shape index (κ1) is 11.1. The molecular weight excluding hydrogens is 196 g/mol. The van der Waals surface area contributed by atoms with Crippen LogP contribution >= 0.6 is 0 Å². The first-order chi connectivity index (χ1) is 6.97. The lowest BCUT2D eigenvalue weighted by molar-refractivity contribution is 0.0690. The van der Waals surface area contributed by atoms with Crippen molar-refractivity contribution in [2.24, 2.45) is 7.05 Å². The number of hydrogen-bond donors (Lipinski definition) is 1. The zero-order valence-electron chi connectivity index (χ0n) is 8.81. The Morgan fingerprint density at radius 2 is 2.33 bits per heavy atom. The van der Waals surface area contributed by atoms with Gasteiger partial charge < -0.3 is 9.84 Å². The van der Waals surface area contributed by atoms with Gasteiger partial charge in [0.05, 0.1) is 5.69 Å². The van der Waals surface area contributed by atoms with Crippen molar-refractivity contribution in [2.45, 2.75) is 20.0 Å². The molecule has 1 heterocycles. The maximum Gasteiger partial charge on any atom is 0.343 e. The molecule has 1 aromatic rings. The number of carboxylic acids is 1. The molecule has 0 aliphatic heterocycles. The Hall–Kier alpha value is -1.96. The molecule has 1 rings (SSSR count). The third-order valence-electron chi connectivity index (χ3n) is 1.91. The Labute approximate surface area is 87.7 Å². The van der Waals surface area contributed by atoms with Crippen molar-refractivity contribution in [1.82, 2.24) is 9.78 Å². The van der Waals surface area contributed by atoms with Crippen LogP contribution in [0.4, 0.5) is 0 Å². The highest BCUT2D eigenvalue weighted by Crippen LogP contribution is 2.22. The molecule has 80 valence electrons. The summed E-state index contributed by atoms with van der Waals surface area (Å²) in [4.78, 5) is 10.9. The summed E-state index contributed by atoms with van der Waals surface area (Å²) in [5, 5.41) is 12.9. The van der Waals surface area contributed by atoms with Crippen LogP contribution in [0.2, 0.25) is 0 Å². The Kier molecular flexibility index (Phi) is 3.00. The van der Waals surface area contributed by atoms with Gasteiger partial charge in [-0.25, -0.2) is 9.48 Å². The van der Waals surface area contributed by atoms with Gasteiger partial charge in [-0.1, -0.05) is 5.92 Å². The maximum atomic E-state index is 10.9. The smallest absolute Gasteiger partial charge is 0.343 e. The Morgan fingerprint density at radius 3 is 2.80 bits per heavy atom. The summed E-state index contributed by atoms with van der Waals surface area (Å²) in [5.41, 5.74) is 0.462. The van der Waals surface area contributed by atoms with E-state index in [1.807, 2.05) is 0 Å². The quantitative estimate of drug-likeness (QED) is 0.747. The lowest BCUT2D eigenvalue weighted by atomic mass is 10.2. The molecule has 1 N–H and O–H groups in total. The second-order valence-corrected chi connectivity index (χ2v) is 3.12. The first-order valence-corrected chi connectivity index (χ1v) is 4.37. The topological polar surface area (TPSA) is 64.3 Å². The zero-order chi connectivity index (χ0) is 11.6. The van der Waals surface area contributed by atoms with E-state index in [1.165, 1.54) is 4.68 Å². The summed E-state index contributed by atoms with van der Waals surface area (Å²) in [6.45, 7) is 3.27. The number of carbonyl (C=O) groups is 1. The Morgan fingerprint density at radius 1 is 1.73 bits per heavy atom. The standard InChI is InChI=1S/C10H12N2O3/c1-5-6(2)15-9-8(10(13)14)7(3)11-12(9)4/h1,6H,2-4H3,(H,13,14). The molecule has 0 aromatic carbocycles. The second kappa shape index (κ2) is 4.05. The normalized spacial score (nSPS) is 11.9. The molecule has 1 aromatic heterocycles. The Balaban J connectivity index is 3.16. The average Bonchev–Trinajstić information content (AvgIpc) is 2.41. The zero-order valence-corrected chi connectivity index (χ0v) is 8.81. The molecule has 0 aliphatic rings. The highest BCUT2D eigenvalue weighted by molar-refractivity contribution is 5.91. The van der Waals surface area contributed by atoms with E-state index >= 15 is 0 Å². The lowest BCUT2D eigenvalue weighted by Gasteiger charge is -2.09. The predicted octanol–water partition coefficient (Wildman–Crippen LogP) is 0.827. The van der Waals surface area contributed by atoms with Gasteiger partial charge in [0.1, 0.15) is 5.56 Å². The second-order valence-electron chi connectivity index (χ2n) is 3.12. The van der Waals surface area contributed by atoms with E-state index in [1.54, 1.807) is 20.9 Å². The molecule has 1 atom stereocenters. The minimum Gasteiger partial charge on any atom is -0.477 e. The van der Waals surface area contributed by atoms with E-state index < -0.39 is 12.1 Å². The number of carboxylic acid groups (broad SMARTS) is 1. The summed E-state index contributed by atoms with van der Waals surface area (Å²) >= 11 is 0. The molecule has 0 fully saturated rings. The minimum absolute atomic E-state index is 0.0552. The third-order valence-corrected chi connectivity index (χ3v) is 1.91. The van der Waals surface area contributed by atoms with Crippen LogP contribution < -0.4 is 4.74 Å². The molecule has 0 radical (unpaired) electrons. The molecule has 5 nitrogen and oxygen atoms in total. The lowest BCUT2D eigenvalue weighted by Crippen LogP contribution is -2.13. The molecule has 0 saturated carbocycles. The van der Waals surface area contributed by atoms with Gasteiger partial charge in [0, 0.05) is 7.05 Å². The van der Waals surface area contributed by atoms with E-state index in [2.05, 4.69) is 11.0 Å². The van der Waals surface area contributed by atoms with E-state index in [4.69, 9.17) is 16.3 Å². The highest BCUT2D eigenvalue weighted by Gasteiger charge is 2.21. The van der Waals surface area contributed by atoms with Gasteiger partial charge in [0.25, 0.3) is 0 Å². The molecule has 15 heavy (non-hydrogen) atoms. The van der Waals surface area contributed by atoms with Crippen LogP contribution in [-0.2, 0) is 7.05 Å². The Bertz CT molecular complexity index is 429. The molecule has 5 heteroatoms. The fraction of sp³-hybridized carbons (Fsp3) is 0.400. The van der Waals surface area contributed by atoms with Crippen LogP contribution in [0.3, 0.4) is 0 Å². The molecule has 0 spiro atoms. The molecule has 0 aliphatic carbocycles. The predicted molar refractivity (Wildman–Crippen MR) is 53.8 cm³/mol. The monoisotopic (exact) mass is 208 g/mol. The van der Waals surface area contributed by atoms with Gasteiger partial charge in [-0.05, 0) is 13.8 Å². The van der Waals surface area contributed by atoms with Gasteiger partial charge in [-0.15, -0.1) is 6.42 Å². The minimum atomic E-state index is -1.07. The van der Waals surface area contributed by atoms with E-state index in [9.17, 15) is 4.79 Å². The fourth-order valence-electron chi connectivity index (χ4n) is 1.22. The van der Waals surface area contributed by atoms with Crippen molar-refractivity contribution < 1.29 is 14.6 Å². The highest BCUT2D eigenvalue weighted by atomic mass is 16.5. The van der Waals surface area contributed by atoms with Crippen molar-refractivity contribution in [3.63, 3.8) is 0 Å². The molecule has 0 saturated heterocycles. The van der Waals surface area contributed by atoms with Crippen LogP contribution in [0.25, 0.3) is 0 Å². The number of ether oxygens (including phenoxy) is 1. The first-order valence-electron chi connectivity index (χ1n) is 4.37. The van der Waals surface area contributed by atoms with Crippen molar-refractivity contribution in [2.75, 3.05) is 0 Å². The van der Waals surface area contributed by atoms with Crippen LogP contribution in [0.15, 0.2) is 0 Å². The molecule has 0 amide bonds.